The van der Waals surface area contributed by atoms with Crippen LogP contribution in [-0.2, 0) is 9.84 Å². The van der Waals surface area contributed by atoms with Crippen molar-refractivity contribution in [2.24, 2.45) is 0 Å². The van der Waals surface area contributed by atoms with Gasteiger partial charge in [0.15, 0.2) is 0 Å². The van der Waals surface area contributed by atoms with E-state index in [1.165, 1.54) is 18.2 Å². The predicted molar refractivity (Wildman–Crippen MR) is 87.5 cm³/mol. The Kier molecular flexibility index (Phi) is 3.42. The van der Waals surface area contributed by atoms with Crippen LogP contribution in [0.25, 0.3) is 10.8 Å². The molecule has 0 saturated carbocycles. The van der Waals surface area contributed by atoms with Gasteiger partial charge in [-0.15, -0.1) is 0 Å². The van der Waals surface area contributed by atoms with Crippen molar-refractivity contribution in [1.82, 2.24) is 4.98 Å². The van der Waals surface area contributed by atoms with Crippen LogP contribution in [0.4, 0.5) is 11.4 Å². The molecule has 3 aromatic rings. The van der Waals surface area contributed by atoms with Gasteiger partial charge in [-0.05, 0) is 24.3 Å². The van der Waals surface area contributed by atoms with Gasteiger partial charge >= 0.3 is 0 Å². The smallest absolute Gasteiger partial charge is 0.208 e. The Labute approximate surface area is 132 Å². The molecule has 2 aromatic carbocycles. The molecular formula is C15H12ClN3O2S. The van der Waals surface area contributed by atoms with Crippen LogP contribution in [0.5, 0.6) is 0 Å². The third kappa shape index (κ3) is 2.26. The first-order chi connectivity index (χ1) is 10.4. The summed E-state index contributed by atoms with van der Waals surface area (Å²) in [6.45, 7) is 0. The Morgan fingerprint density at radius 1 is 1.00 bits per heavy atom. The SMILES string of the molecule is Nc1cc(Cl)c(S(=O)(=O)c2cccc3cnccc23)cc1N. The summed E-state index contributed by atoms with van der Waals surface area (Å²) in [5.41, 5.74) is 11.8. The maximum atomic E-state index is 12.9. The molecule has 0 atom stereocenters. The average molecular weight is 334 g/mol. The zero-order valence-electron chi connectivity index (χ0n) is 11.3. The van der Waals surface area contributed by atoms with Gasteiger partial charge in [0.05, 0.1) is 26.2 Å². The van der Waals surface area contributed by atoms with E-state index in [4.69, 9.17) is 23.1 Å². The van der Waals surface area contributed by atoms with Crippen molar-refractivity contribution in [1.29, 1.82) is 0 Å². The molecule has 1 aromatic heterocycles. The number of benzene rings is 2. The summed E-state index contributed by atoms with van der Waals surface area (Å²) in [7, 11) is -3.83. The fourth-order valence-corrected chi connectivity index (χ4v) is 4.28. The fraction of sp³-hybridized carbons (Fsp3) is 0. The molecule has 7 heteroatoms. The van der Waals surface area contributed by atoms with Crippen molar-refractivity contribution in [3.63, 3.8) is 0 Å². The average Bonchev–Trinajstić information content (AvgIpc) is 2.50. The highest BCUT2D eigenvalue weighted by Crippen LogP contribution is 2.34. The summed E-state index contributed by atoms with van der Waals surface area (Å²) in [6, 6.07) is 9.26. The number of sulfone groups is 1. The first-order valence-electron chi connectivity index (χ1n) is 6.33. The highest BCUT2D eigenvalue weighted by atomic mass is 35.5. The summed E-state index contributed by atoms with van der Waals surface area (Å²) in [5, 5.41) is 1.34. The molecule has 5 nitrogen and oxygen atoms in total. The van der Waals surface area contributed by atoms with E-state index in [1.54, 1.807) is 30.6 Å². The maximum absolute atomic E-state index is 12.9. The van der Waals surface area contributed by atoms with E-state index in [1.807, 2.05) is 0 Å². The third-order valence-electron chi connectivity index (χ3n) is 3.36. The van der Waals surface area contributed by atoms with Crippen LogP contribution >= 0.6 is 11.6 Å². The molecule has 0 spiro atoms. The summed E-state index contributed by atoms with van der Waals surface area (Å²) in [6.07, 6.45) is 3.15. The minimum Gasteiger partial charge on any atom is -0.397 e. The number of pyridine rings is 1. The van der Waals surface area contributed by atoms with Gasteiger partial charge in [0.1, 0.15) is 0 Å². The zero-order chi connectivity index (χ0) is 15.9. The second-order valence-corrected chi connectivity index (χ2v) is 7.06. The highest BCUT2D eigenvalue weighted by Gasteiger charge is 2.24. The fourth-order valence-electron chi connectivity index (χ4n) is 2.24. The molecule has 112 valence electrons. The van der Waals surface area contributed by atoms with E-state index in [9.17, 15) is 8.42 Å². The number of aromatic nitrogens is 1. The lowest BCUT2D eigenvalue weighted by Crippen LogP contribution is -2.06. The van der Waals surface area contributed by atoms with E-state index >= 15 is 0 Å². The zero-order valence-corrected chi connectivity index (χ0v) is 12.9. The van der Waals surface area contributed by atoms with Crippen molar-refractivity contribution < 1.29 is 8.42 Å². The Morgan fingerprint density at radius 3 is 2.50 bits per heavy atom. The van der Waals surface area contributed by atoms with Gasteiger partial charge in [0.25, 0.3) is 0 Å². The molecule has 0 radical (unpaired) electrons. The first kappa shape index (κ1) is 14.6. The molecule has 0 unspecified atom stereocenters. The Bertz CT molecular complexity index is 982. The van der Waals surface area contributed by atoms with E-state index in [0.717, 1.165) is 5.39 Å². The first-order valence-corrected chi connectivity index (χ1v) is 8.19. The van der Waals surface area contributed by atoms with Gasteiger partial charge in [-0.3, -0.25) is 4.98 Å². The van der Waals surface area contributed by atoms with Crippen molar-refractivity contribution in [2.45, 2.75) is 9.79 Å². The molecule has 0 saturated heterocycles. The normalized spacial score (nSPS) is 11.7. The number of nitrogens with two attached hydrogens (primary N) is 2. The number of nitrogen functional groups attached to an aromatic ring is 2. The highest BCUT2D eigenvalue weighted by molar-refractivity contribution is 7.91. The number of rotatable bonds is 2. The monoisotopic (exact) mass is 333 g/mol. The molecule has 0 aliphatic heterocycles. The molecule has 1 heterocycles. The topological polar surface area (TPSA) is 99.1 Å². The van der Waals surface area contributed by atoms with E-state index in [-0.39, 0.29) is 26.2 Å². The lowest BCUT2D eigenvalue weighted by Gasteiger charge is -2.11. The van der Waals surface area contributed by atoms with Crippen LogP contribution in [0.2, 0.25) is 5.02 Å². The Balaban J connectivity index is 2.32. The number of fused-ring (bicyclic) bond motifs is 1. The second-order valence-electron chi connectivity index (χ2n) is 4.77. The Hall–Kier alpha value is -2.31. The van der Waals surface area contributed by atoms with Crippen LogP contribution < -0.4 is 11.5 Å². The molecule has 0 bridgehead atoms. The number of hydrogen-bond acceptors (Lipinski definition) is 5. The van der Waals surface area contributed by atoms with Gasteiger partial charge in [-0.1, -0.05) is 23.7 Å². The minimum absolute atomic E-state index is 0.0396. The molecular weight excluding hydrogens is 322 g/mol. The minimum atomic E-state index is -3.83. The number of nitrogens with zero attached hydrogens (tertiary/aromatic N) is 1. The van der Waals surface area contributed by atoms with Crippen LogP contribution in [0.1, 0.15) is 0 Å². The number of hydrogen-bond donors (Lipinski definition) is 2. The van der Waals surface area contributed by atoms with Gasteiger partial charge in [-0.25, -0.2) is 8.42 Å². The lowest BCUT2D eigenvalue weighted by atomic mass is 10.2. The van der Waals surface area contributed by atoms with Crippen LogP contribution in [-0.4, -0.2) is 13.4 Å². The summed E-state index contributed by atoms with van der Waals surface area (Å²) in [5.74, 6) is 0. The van der Waals surface area contributed by atoms with E-state index in [0.29, 0.717) is 5.39 Å². The third-order valence-corrected chi connectivity index (χ3v) is 5.63. The molecule has 0 amide bonds. The quantitative estimate of drug-likeness (QED) is 0.702. The van der Waals surface area contributed by atoms with Gasteiger partial charge in [-0.2, -0.15) is 0 Å². The summed E-state index contributed by atoms with van der Waals surface area (Å²) < 4.78 is 25.9. The molecule has 22 heavy (non-hydrogen) atoms. The molecule has 4 N–H and O–H groups in total. The summed E-state index contributed by atoms with van der Waals surface area (Å²) in [4.78, 5) is 4.08. The predicted octanol–water partition coefficient (Wildman–Crippen LogP) is 2.89. The van der Waals surface area contributed by atoms with Crippen molar-refractivity contribution >= 4 is 43.6 Å². The van der Waals surface area contributed by atoms with Crippen LogP contribution in [0.15, 0.2) is 58.6 Å². The van der Waals surface area contributed by atoms with E-state index in [2.05, 4.69) is 4.98 Å². The van der Waals surface area contributed by atoms with Gasteiger partial charge < -0.3 is 11.5 Å². The molecule has 0 aliphatic carbocycles. The Morgan fingerprint density at radius 2 is 1.73 bits per heavy atom. The molecule has 0 aliphatic rings. The number of halogens is 1. The lowest BCUT2D eigenvalue weighted by molar-refractivity contribution is 0.597. The maximum Gasteiger partial charge on any atom is 0.208 e. The summed E-state index contributed by atoms with van der Waals surface area (Å²) >= 11 is 6.06. The largest absolute Gasteiger partial charge is 0.397 e. The molecule has 3 rings (SSSR count). The second kappa shape index (κ2) is 5.15. The van der Waals surface area contributed by atoms with Crippen molar-refractivity contribution in [2.75, 3.05) is 11.5 Å². The van der Waals surface area contributed by atoms with Crippen molar-refractivity contribution in [3.05, 3.63) is 53.8 Å². The van der Waals surface area contributed by atoms with Crippen molar-refractivity contribution in [3.8, 4) is 0 Å². The number of anilines is 2. The van der Waals surface area contributed by atoms with Crippen LogP contribution in [0, 0.1) is 0 Å². The molecule has 0 fully saturated rings. The van der Waals surface area contributed by atoms with Gasteiger partial charge in [0, 0.05) is 23.2 Å². The van der Waals surface area contributed by atoms with E-state index < -0.39 is 9.84 Å². The standard InChI is InChI=1S/C15H12ClN3O2S/c16-11-6-12(17)13(18)7-15(11)22(20,21)14-3-1-2-9-8-19-5-4-10(9)14/h1-8H,17-18H2. The van der Waals surface area contributed by atoms with Gasteiger partial charge in [0.2, 0.25) is 9.84 Å². The van der Waals surface area contributed by atoms with Crippen LogP contribution in [0.3, 0.4) is 0 Å².